The fourth-order valence-corrected chi connectivity index (χ4v) is 3.13. The quantitative estimate of drug-likeness (QED) is 0.689. The number of carbonyl (C=O) groups excluding carboxylic acids is 1. The topological polar surface area (TPSA) is 73.3 Å². The molecule has 6 nitrogen and oxygen atoms in total. The molecular weight excluding hydrogens is 316 g/mol. The maximum atomic E-state index is 12.3. The van der Waals surface area contributed by atoms with E-state index in [9.17, 15) is 9.59 Å². The second kappa shape index (κ2) is 6.25. The van der Waals surface area contributed by atoms with Gasteiger partial charge in [0.1, 0.15) is 6.10 Å². The number of esters is 1. The summed E-state index contributed by atoms with van der Waals surface area (Å²) in [7, 11) is 3.23. The zero-order chi connectivity index (χ0) is 16.6. The Balaban J connectivity index is 1.91. The molecule has 2 atom stereocenters. The van der Waals surface area contributed by atoms with Gasteiger partial charge in [0.15, 0.2) is 4.77 Å². The maximum Gasteiger partial charge on any atom is 0.338 e. The number of nitrogens with zero attached hydrogens (tertiary/aromatic N) is 1. The second-order valence-corrected chi connectivity index (χ2v) is 6.09. The van der Waals surface area contributed by atoms with Crippen molar-refractivity contribution in [3.63, 3.8) is 0 Å². The van der Waals surface area contributed by atoms with Gasteiger partial charge < -0.3 is 14.5 Å². The fourth-order valence-electron chi connectivity index (χ4n) is 2.94. The molecule has 1 fully saturated rings. The molecule has 0 unspecified atom stereocenters. The Labute approximate surface area is 138 Å². The molecule has 1 heterocycles. The van der Waals surface area contributed by atoms with Crippen LogP contribution >= 0.6 is 12.2 Å². The maximum absolute atomic E-state index is 12.3. The van der Waals surface area contributed by atoms with Crippen LogP contribution in [0, 0.1) is 4.77 Å². The third kappa shape index (κ3) is 2.94. The van der Waals surface area contributed by atoms with Crippen LogP contribution in [0.3, 0.4) is 0 Å². The van der Waals surface area contributed by atoms with E-state index in [1.165, 1.54) is 4.57 Å². The van der Waals surface area contributed by atoms with E-state index in [1.54, 1.807) is 32.4 Å². The summed E-state index contributed by atoms with van der Waals surface area (Å²) in [6, 6.07) is 4.81. The Morgan fingerprint density at radius 3 is 2.83 bits per heavy atom. The van der Waals surface area contributed by atoms with Gasteiger partial charge in [-0.2, -0.15) is 0 Å². The zero-order valence-electron chi connectivity index (χ0n) is 13.0. The van der Waals surface area contributed by atoms with Gasteiger partial charge in [0, 0.05) is 14.2 Å². The molecule has 2 aromatic rings. The van der Waals surface area contributed by atoms with E-state index >= 15 is 0 Å². The van der Waals surface area contributed by atoms with Crippen LogP contribution in [0.25, 0.3) is 10.9 Å². The molecule has 0 radical (unpaired) electrons. The lowest BCUT2D eigenvalue weighted by Crippen LogP contribution is -2.27. The molecule has 0 bridgehead atoms. The summed E-state index contributed by atoms with van der Waals surface area (Å²) in [6.07, 6.45) is 2.43. The average Bonchev–Trinajstić information content (AvgIpc) is 2.99. The van der Waals surface area contributed by atoms with Crippen molar-refractivity contribution in [1.82, 2.24) is 9.55 Å². The van der Waals surface area contributed by atoms with Crippen molar-refractivity contribution in [2.75, 3.05) is 7.11 Å². The van der Waals surface area contributed by atoms with Gasteiger partial charge in [0.2, 0.25) is 0 Å². The Hall–Kier alpha value is -1.99. The van der Waals surface area contributed by atoms with Gasteiger partial charge in [-0.25, -0.2) is 4.79 Å². The smallest absolute Gasteiger partial charge is 0.338 e. The van der Waals surface area contributed by atoms with Crippen LogP contribution in [0.2, 0.25) is 0 Å². The van der Waals surface area contributed by atoms with E-state index in [2.05, 4.69) is 4.98 Å². The number of benzene rings is 1. The van der Waals surface area contributed by atoms with Crippen molar-refractivity contribution in [3.05, 3.63) is 38.9 Å². The van der Waals surface area contributed by atoms with Crippen LogP contribution in [0.5, 0.6) is 0 Å². The highest BCUT2D eigenvalue weighted by molar-refractivity contribution is 7.71. The van der Waals surface area contributed by atoms with Crippen LogP contribution in [0.4, 0.5) is 0 Å². The first-order valence-electron chi connectivity index (χ1n) is 7.48. The number of aromatic nitrogens is 2. The number of rotatable bonds is 3. The monoisotopic (exact) mass is 334 g/mol. The molecule has 1 aliphatic carbocycles. The van der Waals surface area contributed by atoms with Crippen molar-refractivity contribution >= 4 is 29.1 Å². The van der Waals surface area contributed by atoms with E-state index < -0.39 is 5.97 Å². The van der Waals surface area contributed by atoms with Gasteiger partial charge >= 0.3 is 5.97 Å². The summed E-state index contributed by atoms with van der Waals surface area (Å²) in [5, 5.41) is 0.480. The lowest BCUT2D eigenvalue weighted by molar-refractivity contribution is -0.0206. The number of H-pyrrole nitrogens is 1. The number of nitrogens with one attached hydrogen (secondary N) is 1. The molecule has 0 amide bonds. The largest absolute Gasteiger partial charge is 0.456 e. The lowest BCUT2D eigenvalue weighted by Gasteiger charge is -2.18. The van der Waals surface area contributed by atoms with E-state index in [4.69, 9.17) is 21.7 Å². The molecule has 0 spiro atoms. The minimum absolute atomic E-state index is 0.0440. The molecule has 23 heavy (non-hydrogen) atoms. The normalized spacial score (nSPS) is 20.8. The minimum Gasteiger partial charge on any atom is -0.456 e. The van der Waals surface area contributed by atoms with Crippen molar-refractivity contribution in [2.24, 2.45) is 7.05 Å². The SMILES string of the molecule is CO[C@H]1CCC[C@@H]1OC(=O)c1ccc2c(=O)n(C)c(=S)[nH]c2c1. The molecule has 1 aromatic heterocycles. The van der Waals surface area contributed by atoms with Crippen LogP contribution in [-0.4, -0.2) is 34.8 Å². The van der Waals surface area contributed by atoms with Crippen LogP contribution < -0.4 is 5.56 Å². The lowest BCUT2D eigenvalue weighted by atomic mass is 10.1. The number of ether oxygens (including phenoxy) is 2. The Bertz CT molecular complexity index is 870. The van der Waals surface area contributed by atoms with Crippen molar-refractivity contribution in [1.29, 1.82) is 0 Å². The standard InChI is InChI=1S/C16H18N2O4S/c1-18-14(19)10-7-6-9(8-11(10)17-16(18)23)15(20)22-13-5-3-4-12(13)21-2/h6-8,12-13H,3-5H2,1-2H3,(H,17,23)/t12-,13-/m0/s1. The van der Waals surface area contributed by atoms with E-state index in [0.29, 0.717) is 21.2 Å². The Kier molecular flexibility index (Phi) is 4.32. The van der Waals surface area contributed by atoms with Gasteiger partial charge in [-0.3, -0.25) is 9.36 Å². The minimum atomic E-state index is -0.416. The van der Waals surface area contributed by atoms with E-state index in [0.717, 1.165) is 19.3 Å². The zero-order valence-corrected chi connectivity index (χ0v) is 13.8. The molecule has 3 rings (SSSR count). The number of hydrogen-bond donors (Lipinski definition) is 1. The Morgan fingerprint density at radius 2 is 2.09 bits per heavy atom. The van der Waals surface area contributed by atoms with Crippen LogP contribution in [0.1, 0.15) is 29.6 Å². The van der Waals surface area contributed by atoms with Crippen LogP contribution in [-0.2, 0) is 16.5 Å². The summed E-state index contributed by atoms with van der Waals surface area (Å²) in [5.74, 6) is -0.416. The number of fused-ring (bicyclic) bond motifs is 1. The Morgan fingerprint density at radius 1 is 1.35 bits per heavy atom. The number of hydrogen-bond acceptors (Lipinski definition) is 5. The third-order valence-corrected chi connectivity index (χ3v) is 4.67. The first-order valence-corrected chi connectivity index (χ1v) is 7.89. The first-order chi connectivity index (χ1) is 11.0. The highest BCUT2D eigenvalue weighted by Crippen LogP contribution is 2.25. The number of methoxy groups -OCH3 is 1. The molecule has 0 saturated heterocycles. The highest BCUT2D eigenvalue weighted by Gasteiger charge is 2.30. The second-order valence-electron chi connectivity index (χ2n) is 5.70. The van der Waals surface area contributed by atoms with Crippen molar-refractivity contribution in [2.45, 2.75) is 31.5 Å². The predicted molar refractivity (Wildman–Crippen MR) is 88.2 cm³/mol. The predicted octanol–water partition coefficient (Wildman–Crippen LogP) is 2.32. The van der Waals surface area contributed by atoms with Gasteiger partial charge in [-0.05, 0) is 49.7 Å². The number of carbonyl (C=O) groups is 1. The van der Waals surface area contributed by atoms with Gasteiger partial charge in [0.25, 0.3) is 5.56 Å². The first kappa shape index (κ1) is 15.9. The van der Waals surface area contributed by atoms with Crippen LogP contribution in [0.15, 0.2) is 23.0 Å². The molecular formula is C16H18N2O4S. The summed E-state index contributed by atoms with van der Waals surface area (Å²) < 4.78 is 12.5. The van der Waals surface area contributed by atoms with Gasteiger partial charge in [-0.15, -0.1) is 0 Å². The van der Waals surface area contributed by atoms with Crippen molar-refractivity contribution in [3.8, 4) is 0 Å². The van der Waals surface area contributed by atoms with Crippen molar-refractivity contribution < 1.29 is 14.3 Å². The highest BCUT2D eigenvalue weighted by atomic mass is 32.1. The third-order valence-electron chi connectivity index (χ3n) is 4.29. The van der Waals surface area contributed by atoms with E-state index in [1.807, 2.05) is 0 Å². The molecule has 1 N–H and O–H groups in total. The molecule has 0 aliphatic heterocycles. The van der Waals surface area contributed by atoms with E-state index in [-0.39, 0.29) is 17.8 Å². The summed E-state index contributed by atoms with van der Waals surface area (Å²) >= 11 is 5.10. The van der Waals surface area contributed by atoms with Gasteiger partial charge in [-0.1, -0.05) is 0 Å². The molecule has 7 heteroatoms. The number of aromatic amines is 1. The molecule has 1 aromatic carbocycles. The molecule has 1 aliphatic rings. The average molecular weight is 334 g/mol. The molecule has 1 saturated carbocycles. The summed E-state index contributed by atoms with van der Waals surface area (Å²) in [5.41, 5.74) is 0.722. The molecule has 122 valence electrons. The van der Waals surface area contributed by atoms with Gasteiger partial charge in [0.05, 0.1) is 22.6 Å². The summed E-state index contributed by atoms with van der Waals surface area (Å²) in [4.78, 5) is 27.4. The summed E-state index contributed by atoms with van der Waals surface area (Å²) in [6.45, 7) is 0. The fraction of sp³-hybridized carbons (Fsp3) is 0.438.